The van der Waals surface area contributed by atoms with Crippen molar-refractivity contribution in [2.45, 2.75) is 26.2 Å². The molecule has 0 saturated carbocycles. The van der Waals surface area contributed by atoms with Crippen LogP contribution >= 0.6 is 23.2 Å². The predicted octanol–water partition coefficient (Wildman–Crippen LogP) is 6.08. The average molecular weight is 456 g/mol. The molecule has 31 heavy (non-hydrogen) atoms. The maximum Gasteiger partial charge on any atom is 0.257 e. The average Bonchev–Trinajstić information content (AvgIpc) is 2.77. The van der Waals surface area contributed by atoms with E-state index in [1.807, 2.05) is 25.1 Å². The van der Waals surface area contributed by atoms with Crippen LogP contribution in [0.4, 0.5) is 23.1 Å². The monoisotopic (exact) mass is 455 g/mol. The van der Waals surface area contributed by atoms with E-state index in [0.29, 0.717) is 27.2 Å². The lowest BCUT2D eigenvalue weighted by Crippen LogP contribution is -2.30. The molecule has 0 bridgehead atoms. The molecule has 2 N–H and O–H groups in total. The molecule has 160 valence electrons. The number of carbonyl (C=O) groups excluding carboxylic acids is 1. The third-order valence-corrected chi connectivity index (χ3v) is 5.66. The largest absolute Gasteiger partial charge is 0.356 e. The summed E-state index contributed by atoms with van der Waals surface area (Å²) in [5.41, 5.74) is 2.72. The molecule has 1 saturated heterocycles. The first-order valence-electron chi connectivity index (χ1n) is 10.2. The van der Waals surface area contributed by atoms with Crippen LogP contribution in [0.25, 0.3) is 0 Å². The Morgan fingerprint density at radius 1 is 0.935 bits per heavy atom. The fraction of sp³-hybridized carbons (Fsp3) is 0.261. The molecule has 2 aromatic carbocycles. The Balaban J connectivity index is 1.44. The zero-order valence-electron chi connectivity index (χ0n) is 17.2. The maximum absolute atomic E-state index is 12.5. The van der Waals surface area contributed by atoms with E-state index in [0.717, 1.165) is 30.3 Å². The van der Waals surface area contributed by atoms with Gasteiger partial charge in [-0.1, -0.05) is 23.2 Å². The number of anilines is 4. The molecule has 1 aliphatic heterocycles. The summed E-state index contributed by atoms with van der Waals surface area (Å²) >= 11 is 12.1. The van der Waals surface area contributed by atoms with Crippen molar-refractivity contribution in [1.82, 2.24) is 9.97 Å². The lowest BCUT2D eigenvalue weighted by Gasteiger charge is -2.28. The molecule has 0 aliphatic carbocycles. The lowest BCUT2D eigenvalue weighted by atomic mass is 10.1. The van der Waals surface area contributed by atoms with Gasteiger partial charge in [-0.05, 0) is 68.7 Å². The molecule has 1 amide bonds. The molecule has 8 heteroatoms. The van der Waals surface area contributed by atoms with Crippen LogP contribution in [-0.4, -0.2) is 29.0 Å². The first-order valence-corrected chi connectivity index (χ1v) is 11.0. The molecular weight excluding hydrogens is 433 g/mol. The fourth-order valence-corrected chi connectivity index (χ4v) is 3.90. The van der Waals surface area contributed by atoms with Crippen molar-refractivity contribution < 1.29 is 4.79 Å². The highest BCUT2D eigenvalue weighted by molar-refractivity contribution is 6.36. The number of nitrogens with zero attached hydrogens (tertiary/aromatic N) is 3. The van der Waals surface area contributed by atoms with Crippen molar-refractivity contribution in [2.24, 2.45) is 0 Å². The Labute approximate surface area is 191 Å². The van der Waals surface area contributed by atoms with Gasteiger partial charge in [-0.25, -0.2) is 4.98 Å². The first-order chi connectivity index (χ1) is 15.0. The Morgan fingerprint density at radius 3 is 2.39 bits per heavy atom. The summed E-state index contributed by atoms with van der Waals surface area (Å²) in [4.78, 5) is 24.0. The summed E-state index contributed by atoms with van der Waals surface area (Å²) in [5.74, 6) is 1.20. The van der Waals surface area contributed by atoms with Crippen molar-refractivity contribution in [2.75, 3.05) is 28.6 Å². The van der Waals surface area contributed by atoms with Gasteiger partial charge in [0.05, 0.1) is 10.6 Å². The number of amides is 1. The van der Waals surface area contributed by atoms with Crippen molar-refractivity contribution in [3.05, 3.63) is 69.8 Å². The third-order valence-electron chi connectivity index (χ3n) is 5.09. The lowest BCUT2D eigenvalue weighted by molar-refractivity contribution is 0.102. The van der Waals surface area contributed by atoms with Gasteiger partial charge < -0.3 is 15.5 Å². The highest BCUT2D eigenvalue weighted by Crippen LogP contribution is 2.24. The predicted molar refractivity (Wildman–Crippen MR) is 127 cm³/mol. The number of benzene rings is 2. The molecule has 1 fully saturated rings. The SMILES string of the molecule is Cc1cc(N2CCCCC2)nc(Nc2ccc(NC(=O)c3cc(Cl)ccc3Cl)cc2)n1. The van der Waals surface area contributed by atoms with Crippen molar-refractivity contribution in [3.63, 3.8) is 0 Å². The van der Waals surface area contributed by atoms with Crippen molar-refractivity contribution >= 4 is 52.3 Å². The second-order valence-corrected chi connectivity index (χ2v) is 8.36. The molecule has 3 aromatic rings. The molecular formula is C23H23Cl2N5O. The number of piperidine rings is 1. The van der Waals surface area contributed by atoms with E-state index in [2.05, 4.69) is 25.5 Å². The number of halogens is 2. The van der Waals surface area contributed by atoms with Crippen LogP contribution in [0.5, 0.6) is 0 Å². The van der Waals surface area contributed by atoms with Gasteiger partial charge in [0, 0.05) is 41.2 Å². The van der Waals surface area contributed by atoms with Crippen LogP contribution in [-0.2, 0) is 0 Å². The molecule has 0 spiro atoms. The van der Waals surface area contributed by atoms with Gasteiger partial charge in [-0.2, -0.15) is 4.98 Å². The normalized spacial score (nSPS) is 13.7. The van der Waals surface area contributed by atoms with Gasteiger partial charge in [0.15, 0.2) is 0 Å². The van der Waals surface area contributed by atoms with Gasteiger partial charge in [0.1, 0.15) is 5.82 Å². The van der Waals surface area contributed by atoms with Gasteiger partial charge in [-0.3, -0.25) is 4.79 Å². The number of aromatic nitrogens is 2. The van der Waals surface area contributed by atoms with E-state index in [9.17, 15) is 4.79 Å². The summed E-state index contributed by atoms with van der Waals surface area (Å²) in [5, 5.41) is 6.89. The standard InChI is InChI=1S/C23H23Cl2N5O/c1-15-13-21(30-11-3-2-4-12-30)29-23(26-15)28-18-8-6-17(7-9-18)27-22(31)19-14-16(24)5-10-20(19)25/h5-10,13-14H,2-4,11-12H2,1H3,(H,27,31)(H,26,28,29). The number of carbonyl (C=O) groups is 1. The highest BCUT2D eigenvalue weighted by atomic mass is 35.5. The molecule has 1 aliphatic rings. The highest BCUT2D eigenvalue weighted by Gasteiger charge is 2.14. The van der Waals surface area contributed by atoms with E-state index < -0.39 is 0 Å². The zero-order valence-corrected chi connectivity index (χ0v) is 18.7. The van der Waals surface area contributed by atoms with E-state index in [-0.39, 0.29) is 5.91 Å². The summed E-state index contributed by atoms with van der Waals surface area (Å²) in [7, 11) is 0. The summed E-state index contributed by atoms with van der Waals surface area (Å²) in [6.07, 6.45) is 3.66. The molecule has 2 heterocycles. The number of rotatable bonds is 5. The molecule has 6 nitrogen and oxygen atoms in total. The van der Waals surface area contributed by atoms with Gasteiger partial charge in [0.2, 0.25) is 5.95 Å². The van der Waals surface area contributed by atoms with Crippen LogP contribution in [0, 0.1) is 6.92 Å². The Kier molecular flexibility index (Phi) is 6.59. The smallest absolute Gasteiger partial charge is 0.257 e. The minimum absolute atomic E-state index is 0.318. The number of hydrogen-bond acceptors (Lipinski definition) is 5. The zero-order chi connectivity index (χ0) is 21.8. The minimum atomic E-state index is -0.318. The Morgan fingerprint density at radius 2 is 1.65 bits per heavy atom. The van der Waals surface area contributed by atoms with Crippen LogP contribution in [0.3, 0.4) is 0 Å². The third kappa shape index (κ3) is 5.46. The van der Waals surface area contributed by atoms with E-state index in [4.69, 9.17) is 23.2 Å². The molecule has 1 aromatic heterocycles. The fourth-order valence-electron chi connectivity index (χ4n) is 3.53. The molecule has 4 rings (SSSR count). The van der Waals surface area contributed by atoms with Crippen molar-refractivity contribution in [3.8, 4) is 0 Å². The molecule has 0 radical (unpaired) electrons. The second kappa shape index (κ2) is 9.54. The summed E-state index contributed by atoms with van der Waals surface area (Å²) in [6, 6.07) is 14.2. The second-order valence-electron chi connectivity index (χ2n) is 7.52. The topological polar surface area (TPSA) is 70.2 Å². The van der Waals surface area contributed by atoms with Crippen LogP contribution in [0.1, 0.15) is 35.3 Å². The minimum Gasteiger partial charge on any atom is -0.356 e. The Bertz CT molecular complexity index is 1080. The van der Waals surface area contributed by atoms with E-state index >= 15 is 0 Å². The van der Waals surface area contributed by atoms with Gasteiger partial charge >= 0.3 is 0 Å². The molecule has 0 atom stereocenters. The Hall–Kier alpha value is -2.83. The maximum atomic E-state index is 12.5. The molecule has 0 unspecified atom stereocenters. The number of aryl methyl sites for hydroxylation is 1. The first kappa shape index (κ1) is 21.4. The van der Waals surface area contributed by atoms with E-state index in [1.165, 1.54) is 19.3 Å². The summed E-state index contributed by atoms with van der Waals surface area (Å²) in [6.45, 7) is 4.03. The van der Waals surface area contributed by atoms with Crippen molar-refractivity contribution in [1.29, 1.82) is 0 Å². The quantitative estimate of drug-likeness (QED) is 0.487. The van der Waals surface area contributed by atoms with Gasteiger partial charge in [-0.15, -0.1) is 0 Å². The number of hydrogen-bond donors (Lipinski definition) is 2. The van der Waals surface area contributed by atoms with Crippen LogP contribution in [0.2, 0.25) is 10.0 Å². The number of nitrogens with one attached hydrogen (secondary N) is 2. The van der Waals surface area contributed by atoms with Gasteiger partial charge in [0.25, 0.3) is 5.91 Å². The van der Waals surface area contributed by atoms with Crippen LogP contribution in [0.15, 0.2) is 48.5 Å². The van der Waals surface area contributed by atoms with E-state index in [1.54, 1.807) is 30.3 Å². The van der Waals surface area contributed by atoms with Crippen LogP contribution < -0.4 is 15.5 Å². The summed E-state index contributed by atoms with van der Waals surface area (Å²) < 4.78 is 0.